The average molecular weight is 719 g/mol. The van der Waals surface area contributed by atoms with Crippen molar-refractivity contribution in [2.75, 3.05) is 0 Å². The monoisotopic (exact) mass is 718 g/mol. The zero-order valence-corrected chi connectivity index (χ0v) is 30.8. The fraction of sp³-hybridized carbons (Fsp3) is 0. The molecule has 0 bridgehead atoms. The molecule has 0 N–H and O–H groups in total. The van der Waals surface area contributed by atoms with Crippen molar-refractivity contribution in [1.29, 1.82) is 0 Å². The molecule has 0 amide bonds. The number of thiophene rings is 2. The van der Waals surface area contributed by atoms with Gasteiger partial charge in [-0.3, -0.25) is 0 Å². The summed E-state index contributed by atoms with van der Waals surface area (Å²) in [4.78, 5) is 0. The van der Waals surface area contributed by atoms with Crippen molar-refractivity contribution in [3.05, 3.63) is 182 Å². The van der Waals surface area contributed by atoms with E-state index in [1.54, 1.807) is 0 Å². The molecule has 0 radical (unpaired) electrons. The van der Waals surface area contributed by atoms with E-state index in [0.29, 0.717) is 0 Å². The Bertz CT molecular complexity index is 3430. The van der Waals surface area contributed by atoms with Crippen molar-refractivity contribution in [3.8, 4) is 33.4 Å². The molecule has 2 heterocycles. The van der Waals surface area contributed by atoms with Gasteiger partial charge in [0.15, 0.2) is 0 Å². The summed E-state index contributed by atoms with van der Waals surface area (Å²) < 4.78 is 5.38. The molecular formula is C52H30S2. The fourth-order valence-electron chi connectivity index (χ4n) is 9.09. The number of rotatable bonds is 3. The van der Waals surface area contributed by atoms with Crippen LogP contribution in [0.4, 0.5) is 0 Å². The molecule has 0 saturated heterocycles. The Morgan fingerprint density at radius 2 is 0.741 bits per heavy atom. The molecule has 0 aliphatic carbocycles. The van der Waals surface area contributed by atoms with Gasteiger partial charge in [0.1, 0.15) is 0 Å². The van der Waals surface area contributed by atoms with E-state index in [-0.39, 0.29) is 0 Å². The largest absolute Gasteiger partial charge is 0.135 e. The van der Waals surface area contributed by atoms with Crippen molar-refractivity contribution in [3.63, 3.8) is 0 Å². The molecule has 0 atom stereocenters. The predicted molar refractivity (Wildman–Crippen MR) is 239 cm³/mol. The quantitative estimate of drug-likeness (QED) is 0.160. The van der Waals surface area contributed by atoms with Crippen molar-refractivity contribution in [1.82, 2.24) is 0 Å². The third kappa shape index (κ3) is 4.36. The summed E-state index contributed by atoms with van der Waals surface area (Å²) in [6.07, 6.45) is 0. The molecule has 0 aliphatic rings. The molecule has 10 aromatic carbocycles. The minimum absolute atomic E-state index is 1.23. The minimum Gasteiger partial charge on any atom is -0.135 e. The minimum atomic E-state index is 1.23. The van der Waals surface area contributed by atoms with Gasteiger partial charge in [-0.05, 0) is 101 Å². The Balaban J connectivity index is 0.995. The molecular weight excluding hydrogens is 689 g/mol. The van der Waals surface area contributed by atoms with Gasteiger partial charge in [-0.2, -0.15) is 0 Å². The molecule has 12 aromatic rings. The SMILES string of the molecule is c1ccc2c(-c3c4ccccc4c(-c4ccc(-c5ccc6c(c5)sc5ccc7c(ccc8sc9ccccc9c87)c56)cc4)c4ccccc34)cccc2c1. The third-order valence-electron chi connectivity index (χ3n) is 11.5. The van der Waals surface area contributed by atoms with Gasteiger partial charge in [0.2, 0.25) is 0 Å². The molecule has 0 fully saturated rings. The maximum absolute atomic E-state index is 2.39. The lowest BCUT2D eigenvalue weighted by molar-refractivity contribution is 1.64. The van der Waals surface area contributed by atoms with E-state index >= 15 is 0 Å². The van der Waals surface area contributed by atoms with E-state index in [0.717, 1.165) is 0 Å². The van der Waals surface area contributed by atoms with Crippen LogP contribution >= 0.6 is 22.7 Å². The van der Waals surface area contributed by atoms with E-state index in [1.807, 2.05) is 22.7 Å². The Morgan fingerprint density at radius 1 is 0.259 bits per heavy atom. The normalized spacial score (nSPS) is 12.1. The van der Waals surface area contributed by atoms with E-state index in [9.17, 15) is 0 Å². The number of hydrogen-bond acceptors (Lipinski definition) is 2. The molecule has 0 spiro atoms. The molecule has 2 aromatic heterocycles. The van der Waals surface area contributed by atoms with Crippen LogP contribution < -0.4 is 0 Å². The predicted octanol–water partition coefficient (Wildman–Crippen LogP) is 16.0. The van der Waals surface area contributed by atoms with Crippen LogP contribution in [0.5, 0.6) is 0 Å². The Labute approximate surface area is 319 Å². The molecule has 2 heteroatoms. The number of benzene rings is 10. The fourth-order valence-corrected chi connectivity index (χ4v) is 11.4. The zero-order valence-electron chi connectivity index (χ0n) is 29.1. The Hall–Kier alpha value is -6.32. The highest BCUT2D eigenvalue weighted by Gasteiger charge is 2.19. The lowest BCUT2D eigenvalue weighted by Crippen LogP contribution is -1.91. The lowest BCUT2D eigenvalue weighted by atomic mass is 9.84. The molecule has 0 unspecified atom stereocenters. The Kier molecular flexibility index (Phi) is 6.48. The van der Waals surface area contributed by atoms with Crippen LogP contribution in [0.15, 0.2) is 182 Å². The molecule has 0 aliphatic heterocycles. The summed E-state index contributed by atoms with van der Waals surface area (Å²) in [7, 11) is 0. The zero-order chi connectivity index (χ0) is 35.3. The van der Waals surface area contributed by atoms with Gasteiger partial charge in [0, 0.05) is 40.3 Å². The second-order valence-corrected chi connectivity index (χ2v) is 16.5. The maximum Gasteiger partial charge on any atom is 0.0361 e. The van der Waals surface area contributed by atoms with Gasteiger partial charge in [-0.25, -0.2) is 0 Å². The first-order chi connectivity index (χ1) is 26.8. The van der Waals surface area contributed by atoms with Crippen LogP contribution in [0.3, 0.4) is 0 Å². The van der Waals surface area contributed by atoms with Gasteiger partial charge >= 0.3 is 0 Å². The van der Waals surface area contributed by atoms with Crippen LogP contribution in [0, 0.1) is 0 Å². The van der Waals surface area contributed by atoms with Crippen LogP contribution in [-0.2, 0) is 0 Å². The van der Waals surface area contributed by atoms with E-state index in [1.165, 1.54) is 117 Å². The summed E-state index contributed by atoms with van der Waals surface area (Å²) in [5, 5.41) is 15.8. The van der Waals surface area contributed by atoms with Crippen LogP contribution in [0.1, 0.15) is 0 Å². The highest BCUT2D eigenvalue weighted by Crippen LogP contribution is 2.47. The third-order valence-corrected chi connectivity index (χ3v) is 13.7. The van der Waals surface area contributed by atoms with Crippen LogP contribution in [0.2, 0.25) is 0 Å². The smallest absolute Gasteiger partial charge is 0.0361 e. The van der Waals surface area contributed by atoms with Gasteiger partial charge in [0.25, 0.3) is 0 Å². The number of hydrogen-bond donors (Lipinski definition) is 0. The van der Waals surface area contributed by atoms with E-state index < -0.39 is 0 Å². The van der Waals surface area contributed by atoms with Gasteiger partial charge in [0.05, 0.1) is 0 Å². The van der Waals surface area contributed by atoms with Crippen molar-refractivity contribution < 1.29 is 0 Å². The summed E-state index contributed by atoms with van der Waals surface area (Å²) in [5.74, 6) is 0. The second kappa shape index (κ2) is 11.6. The lowest BCUT2D eigenvalue weighted by Gasteiger charge is -2.19. The molecule has 12 rings (SSSR count). The van der Waals surface area contributed by atoms with Gasteiger partial charge < -0.3 is 0 Å². The summed E-state index contributed by atoms with van der Waals surface area (Å²) >= 11 is 3.79. The summed E-state index contributed by atoms with van der Waals surface area (Å²) in [6, 6.07) is 67.8. The summed E-state index contributed by atoms with van der Waals surface area (Å²) in [6.45, 7) is 0. The highest BCUT2D eigenvalue weighted by atomic mass is 32.1. The van der Waals surface area contributed by atoms with Gasteiger partial charge in [-0.15, -0.1) is 22.7 Å². The second-order valence-electron chi connectivity index (χ2n) is 14.3. The highest BCUT2D eigenvalue weighted by molar-refractivity contribution is 7.26. The first kappa shape index (κ1) is 30.2. The van der Waals surface area contributed by atoms with E-state index in [4.69, 9.17) is 0 Å². The first-order valence-electron chi connectivity index (χ1n) is 18.5. The maximum atomic E-state index is 2.39. The number of fused-ring (bicyclic) bond motifs is 12. The van der Waals surface area contributed by atoms with Gasteiger partial charge in [-0.1, -0.05) is 158 Å². The standard InChI is InChI=1S/C52H30S2/c1-2-12-35-32(10-1)11-9-18-36(35)50-39-15-5-3-13-37(39)49(38-14-4-6-16-40(38)50)33-22-20-31(21-23-33)34-24-25-44-48(30-34)54-47-29-27-41-42(52(44)47)26-28-46-51(41)43-17-7-8-19-45(43)53-46/h1-30H. The molecule has 250 valence electrons. The molecule has 0 nitrogen and oxygen atoms in total. The van der Waals surface area contributed by atoms with Crippen molar-refractivity contribution in [2.45, 2.75) is 0 Å². The molecule has 0 saturated carbocycles. The van der Waals surface area contributed by atoms with Crippen molar-refractivity contribution in [2.24, 2.45) is 0 Å². The topological polar surface area (TPSA) is 0 Å². The van der Waals surface area contributed by atoms with E-state index in [2.05, 4.69) is 182 Å². The average Bonchev–Trinajstić information content (AvgIpc) is 3.81. The Morgan fingerprint density at radius 3 is 1.43 bits per heavy atom. The summed E-state index contributed by atoms with van der Waals surface area (Å²) in [5.41, 5.74) is 7.58. The first-order valence-corrected chi connectivity index (χ1v) is 20.1. The van der Waals surface area contributed by atoms with Crippen molar-refractivity contribution >= 4 is 106 Å². The van der Waals surface area contributed by atoms with Crippen LogP contribution in [0.25, 0.3) is 117 Å². The molecule has 54 heavy (non-hydrogen) atoms. The van der Waals surface area contributed by atoms with Crippen LogP contribution in [-0.4, -0.2) is 0 Å².